The van der Waals surface area contributed by atoms with Crippen LogP contribution < -0.4 is 0 Å². The van der Waals surface area contributed by atoms with Gasteiger partial charge in [-0.25, -0.2) is 0 Å². The average molecular weight is 411 g/mol. The van der Waals surface area contributed by atoms with Crippen LogP contribution in [0.5, 0.6) is 17.2 Å². The maximum absolute atomic E-state index is 10.3. The molecule has 0 amide bonds. The number of aromatic hydroxyl groups is 3. The Hall–Kier alpha value is -1.47. The first kappa shape index (κ1) is 15.4. The summed E-state index contributed by atoms with van der Waals surface area (Å²) in [6.45, 7) is 0.958. The van der Waals surface area contributed by atoms with Crippen molar-refractivity contribution in [1.82, 2.24) is 4.90 Å². The predicted octanol–water partition coefficient (Wildman–Crippen LogP) is 3.17. The zero-order valence-corrected chi connectivity index (χ0v) is 14.5. The summed E-state index contributed by atoms with van der Waals surface area (Å²) in [6, 6.07) is 7.18. The van der Waals surface area contributed by atoms with E-state index in [0.717, 1.165) is 36.1 Å². The zero-order chi connectivity index (χ0) is 14.7. The molecule has 0 spiro atoms. The van der Waals surface area contributed by atoms with Gasteiger partial charge in [-0.05, 0) is 60.3 Å². The first-order valence-electron chi connectivity index (χ1n) is 7.16. The van der Waals surface area contributed by atoms with Gasteiger partial charge in [-0.2, -0.15) is 0 Å². The average Bonchev–Trinajstić information content (AvgIpc) is 2.46. The van der Waals surface area contributed by atoms with E-state index in [-0.39, 0.29) is 47.3 Å². The summed E-state index contributed by atoms with van der Waals surface area (Å²) >= 11 is 0. The number of benzene rings is 2. The third kappa shape index (κ3) is 2.06. The number of hydrogen-bond donors (Lipinski definition) is 3. The molecule has 0 fully saturated rings. The minimum atomic E-state index is -0.117. The number of phenolic OH excluding ortho intramolecular Hbond substituents is 3. The van der Waals surface area contributed by atoms with Gasteiger partial charge in [0.2, 0.25) is 0 Å². The fraction of sp³-hybridized carbons (Fsp3) is 0.294. The van der Waals surface area contributed by atoms with Crippen molar-refractivity contribution in [3.05, 3.63) is 41.0 Å². The summed E-state index contributed by atoms with van der Waals surface area (Å²) < 4.78 is 0. The Labute approximate surface area is 146 Å². The lowest BCUT2D eigenvalue weighted by atomic mass is 9.77. The normalized spacial score (nSPS) is 19.0. The smallest absolute Gasteiger partial charge is 0.165 e. The van der Waals surface area contributed by atoms with Crippen molar-refractivity contribution < 1.29 is 15.3 Å². The lowest BCUT2D eigenvalue weighted by Gasteiger charge is -2.40. The van der Waals surface area contributed by atoms with Crippen LogP contribution in [-0.2, 0) is 12.8 Å². The van der Waals surface area contributed by atoms with Gasteiger partial charge < -0.3 is 15.3 Å². The lowest BCUT2D eigenvalue weighted by Crippen LogP contribution is -2.35. The number of fused-ring (bicyclic) bond motifs is 2. The van der Waals surface area contributed by atoms with Crippen molar-refractivity contribution in [2.75, 3.05) is 13.6 Å². The molecule has 4 nitrogen and oxygen atoms in total. The molecule has 1 unspecified atom stereocenters. The van der Waals surface area contributed by atoms with Crippen molar-refractivity contribution >= 4 is 24.0 Å². The van der Waals surface area contributed by atoms with Gasteiger partial charge >= 0.3 is 0 Å². The highest BCUT2D eigenvalue weighted by Crippen LogP contribution is 2.50. The first-order valence-corrected chi connectivity index (χ1v) is 7.16. The van der Waals surface area contributed by atoms with Crippen molar-refractivity contribution in [2.24, 2.45) is 0 Å². The van der Waals surface area contributed by atoms with Crippen LogP contribution in [0.2, 0.25) is 0 Å². The monoisotopic (exact) mass is 411 g/mol. The van der Waals surface area contributed by atoms with Gasteiger partial charge in [0.15, 0.2) is 11.5 Å². The summed E-state index contributed by atoms with van der Waals surface area (Å²) in [5.74, 6) is 0.00285. The second-order valence-corrected chi connectivity index (χ2v) is 5.98. The molecule has 1 aliphatic carbocycles. The zero-order valence-electron chi connectivity index (χ0n) is 12.2. The van der Waals surface area contributed by atoms with E-state index >= 15 is 0 Å². The highest BCUT2D eigenvalue weighted by atomic mass is 127. The summed E-state index contributed by atoms with van der Waals surface area (Å²) in [4.78, 5) is 2.32. The SMILES string of the molecule is CN1CCc2cc(O)cc3c2C1Cc1ccc(O)c(O)c1-3.I. The van der Waals surface area contributed by atoms with Crippen molar-refractivity contribution in [3.63, 3.8) is 0 Å². The molecule has 22 heavy (non-hydrogen) atoms. The Morgan fingerprint density at radius 2 is 1.86 bits per heavy atom. The molecule has 5 heteroatoms. The molecule has 3 N–H and O–H groups in total. The Bertz CT molecular complexity index is 760. The number of rotatable bonds is 0. The highest BCUT2D eigenvalue weighted by Gasteiger charge is 2.34. The second kappa shape index (κ2) is 5.31. The van der Waals surface area contributed by atoms with Crippen LogP contribution in [0.1, 0.15) is 22.7 Å². The Morgan fingerprint density at radius 1 is 1.09 bits per heavy atom. The maximum atomic E-state index is 10.3. The van der Waals surface area contributed by atoms with E-state index in [1.165, 1.54) is 11.6 Å². The third-order valence-corrected chi connectivity index (χ3v) is 4.78. The minimum absolute atomic E-state index is 0. The first-order chi connectivity index (χ1) is 10.1. The molecule has 116 valence electrons. The van der Waals surface area contributed by atoms with Crippen molar-refractivity contribution in [3.8, 4) is 28.4 Å². The van der Waals surface area contributed by atoms with Gasteiger partial charge in [0.25, 0.3) is 0 Å². The molecular weight excluding hydrogens is 393 g/mol. The van der Waals surface area contributed by atoms with Gasteiger partial charge in [-0.3, -0.25) is 4.90 Å². The summed E-state index contributed by atoms with van der Waals surface area (Å²) in [6.07, 6.45) is 1.70. The topological polar surface area (TPSA) is 63.9 Å². The van der Waals surface area contributed by atoms with E-state index in [1.807, 2.05) is 12.1 Å². The fourth-order valence-corrected chi connectivity index (χ4v) is 3.74. The molecule has 1 atom stereocenters. The summed E-state index contributed by atoms with van der Waals surface area (Å²) in [7, 11) is 2.11. The van der Waals surface area contributed by atoms with Crippen LogP contribution in [0.3, 0.4) is 0 Å². The van der Waals surface area contributed by atoms with Crippen LogP contribution >= 0.6 is 24.0 Å². The minimum Gasteiger partial charge on any atom is -0.508 e. The van der Waals surface area contributed by atoms with Crippen LogP contribution in [-0.4, -0.2) is 33.8 Å². The highest BCUT2D eigenvalue weighted by molar-refractivity contribution is 14.0. The Balaban J connectivity index is 0.00000144. The largest absolute Gasteiger partial charge is 0.508 e. The molecule has 0 saturated heterocycles. The Kier molecular flexibility index (Phi) is 3.72. The van der Waals surface area contributed by atoms with Crippen LogP contribution in [0.25, 0.3) is 11.1 Å². The lowest BCUT2D eigenvalue weighted by molar-refractivity contribution is 0.227. The number of nitrogens with zero attached hydrogens (tertiary/aromatic N) is 1. The molecule has 0 bridgehead atoms. The van der Waals surface area contributed by atoms with E-state index in [9.17, 15) is 15.3 Å². The van der Waals surface area contributed by atoms with Gasteiger partial charge in [0.05, 0.1) is 0 Å². The molecule has 1 aliphatic heterocycles. The number of hydrogen-bond acceptors (Lipinski definition) is 4. The van der Waals surface area contributed by atoms with Gasteiger partial charge in [0, 0.05) is 18.2 Å². The van der Waals surface area contributed by atoms with E-state index < -0.39 is 0 Å². The molecule has 0 radical (unpaired) electrons. The van der Waals surface area contributed by atoms with Crippen LogP contribution in [0, 0.1) is 0 Å². The number of phenols is 3. The molecular formula is C17H18INO3. The van der Waals surface area contributed by atoms with Crippen LogP contribution in [0.4, 0.5) is 0 Å². The molecule has 2 aromatic carbocycles. The number of likely N-dealkylation sites (N-methyl/N-ethyl adjacent to an activating group) is 1. The molecule has 0 aromatic heterocycles. The van der Waals surface area contributed by atoms with Gasteiger partial charge in [-0.1, -0.05) is 6.07 Å². The standard InChI is InChI=1S/C17H17NO3.HI/c1-18-5-4-10-6-11(19)8-12-15(10)13(18)7-9-2-3-14(20)17(21)16(9)12;/h2-3,6,8,13,19-21H,4-5,7H2,1H3;1H. The van der Waals surface area contributed by atoms with E-state index in [0.29, 0.717) is 5.56 Å². The summed E-state index contributed by atoms with van der Waals surface area (Å²) in [5, 5.41) is 30.1. The van der Waals surface area contributed by atoms with Crippen molar-refractivity contribution in [1.29, 1.82) is 0 Å². The van der Waals surface area contributed by atoms with Gasteiger partial charge in [0.1, 0.15) is 5.75 Å². The van der Waals surface area contributed by atoms with Crippen LogP contribution in [0.15, 0.2) is 24.3 Å². The molecule has 2 aromatic rings. The van der Waals surface area contributed by atoms with Gasteiger partial charge in [-0.15, -0.1) is 24.0 Å². The molecule has 1 heterocycles. The molecule has 2 aliphatic rings. The van der Waals surface area contributed by atoms with E-state index in [4.69, 9.17) is 0 Å². The second-order valence-electron chi connectivity index (χ2n) is 5.98. The summed E-state index contributed by atoms with van der Waals surface area (Å²) in [5.41, 5.74) is 4.83. The van der Waals surface area contributed by atoms with Crippen molar-refractivity contribution in [2.45, 2.75) is 18.9 Å². The quantitative estimate of drug-likeness (QED) is 0.461. The number of halogens is 1. The van der Waals surface area contributed by atoms with E-state index in [1.54, 1.807) is 6.07 Å². The Morgan fingerprint density at radius 3 is 2.64 bits per heavy atom. The third-order valence-electron chi connectivity index (χ3n) is 4.78. The maximum Gasteiger partial charge on any atom is 0.165 e. The fourth-order valence-electron chi connectivity index (χ4n) is 3.74. The van der Waals surface area contributed by atoms with E-state index in [2.05, 4.69) is 11.9 Å². The molecule has 0 saturated carbocycles. The predicted molar refractivity (Wildman–Crippen MR) is 95.1 cm³/mol. The molecule has 4 rings (SSSR count).